The molecule has 0 aromatic heterocycles. The number of amides is 1. The molecule has 4 nitrogen and oxygen atoms in total. The Morgan fingerprint density at radius 1 is 1.08 bits per heavy atom. The number of fused-ring (bicyclic) bond motifs is 1. The van der Waals surface area contributed by atoms with E-state index in [0.29, 0.717) is 0 Å². The minimum absolute atomic E-state index is 0.113. The van der Waals surface area contributed by atoms with Crippen LogP contribution in [-0.2, 0) is 17.8 Å². The van der Waals surface area contributed by atoms with E-state index >= 15 is 0 Å². The molecule has 2 atom stereocenters. The van der Waals surface area contributed by atoms with E-state index in [1.54, 1.807) is 7.05 Å². The normalized spacial score (nSPS) is 23.1. The van der Waals surface area contributed by atoms with Crippen LogP contribution in [0.5, 0.6) is 0 Å². The predicted molar refractivity (Wildman–Crippen MR) is 104 cm³/mol. The Hall–Kier alpha value is -2.17. The van der Waals surface area contributed by atoms with Gasteiger partial charge < -0.3 is 0 Å². The van der Waals surface area contributed by atoms with Crippen molar-refractivity contribution in [3.05, 3.63) is 70.7 Å². The molecule has 134 valence electrons. The summed E-state index contributed by atoms with van der Waals surface area (Å²) < 4.78 is 0. The maximum Gasteiger partial charge on any atom is 0.252 e. The number of carbonyl (C=O) groups excluding carboxylic acids is 1. The van der Waals surface area contributed by atoms with E-state index in [1.807, 2.05) is 18.2 Å². The second-order valence-electron chi connectivity index (χ2n) is 7.03. The first-order valence-electron chi connectivity index (χ1n) is 8.99. The predicted octanol–water partition coefficient (Wildman–Crippen LogP) is 3.60. The van der Waals surface area contributed by atoms with Gasteiger partial charge in [-0.25, -0.2) is 5.01 Å². The Morgan fingerprint density at radius 2 is 1.81 bits per heavy atom. The molecular weight excluding hydrogens is 346 g/mol. The van der Waals surface area contributed by atoms with Crippen LogP contribution >= 0.6 is 11.6 Å². The lowest BCUT2D eigenvalue weighted by Crippen LogP contribution is -2.52. The molecule has 0 bridgehead atoms. The second-order valence-corrected chi connectivity index (χ2v) is 7.47. The summed E-state index contributed by atoms with van der Waals surface area (Å²) in [6.45, 7) is 1.73. The van der Waals surface area contributed by atoms with Gasteiger partial charge in [-0.1, -0.05) is 54.1 Å². The maximum absolute atomic E-state index is 12.8. The molecular formula is C21H22ClN3O. The Labute approximate surface area is 159 Å². The van der Waals surface area contributed by atoms with E-state index in [9.17, 15) is 4.79 Å². The van der Waals surface area contributed by atoms with Crippen molar-refractivity contribution >= 4 is 23.2 Å². The summed E-state index contributed by atoms with van der Waals surface area (Å²) in [7, 11) is 1.76. The van der Waals surface area contributed by atoms with Crippen LogP contribution in [-0.4, -0.2) is 41.2 Å². The van der Waals surface area contributed by atoms with E-state index in [4.69, 9.17) is 11.6 Å². The summed E-state index contributed by atoms with van der Waals surface area (Å²) >= 11 is 6.02. The van der Waals surface area contributed by atoms with Gasteiger partial charge in [0.05, 0.1) is 11.6 Å². The summed E-state index contributed by atoms with van der Waals surface area (Å²) in [5.74, 6) is -0.0250. The van der Waals surface area contributed by atoms with E-state index in [1.165, 1.54) is 16.1 Å². The topological polar surface area (TPSA) is 35.9 Å². The van der Waals surface area contributed by atoms with Crippen molar-refractivity contribution in [2.24, 2.45) is 11.0 Å². The molecule has 0 aliphatic carbocycles. The van der Waals surface area contributed by atoms with Crippen LogP contribution in [0.15, 0.2) is 59.7 Å². The monoisotopic (exact) mass is 367 g/mol. The Morgan fingerprint density at radius 3 is 2.54 bits per heavy atom. The average Bonchev–Trinajstić information content (AvgIpc) is 2.94. The van der Waals surface area contributed by atoms with Gasteiger partial charge in [-0.2, -0.15) is 5.10 Å². The van der Waals surface area contributed by atoms with Crippen LogP contribution in [0.1, 0.15) is 17.5 Å². The number of carbonyl (C=O) groups is 1. The van der Waals surface area contributed by atoms with Crippen molar-refractivity contribution in [1.29, 1.82) is 0 Å². The lowest BCUT2D eigenvalue weighted by molar-refractivity contribution is -0.132. The van der Waals surface area contributed by atoms with Crippen LogP contribution < -0.4 is 0 Å². The molecule has 2 aliphatic rings. The number of rotatable bonds is 4. The molecule has 2 aliphatic heterocycles. The Bertz CT molecular complexity index is 819. The molecule has 0 radical (unpaired) electrons. The highest BCUT2D eigenvalue weighted by Gasteiger charge is 2.45. The maximum atomic E-state index is 12.8. The fraction of sp³-hybridized carbons (Fsp3) is 0.333. The fourth-order valence-corrected chi connectivity index (χ4v) is 4.12. The molecule has 0 N–H and O–H groups in total. The van der Waals surface area contributed by atoms with Gasteiger partial charge in [0.25, 0.3) is 5.91 Å². The smallest absolute Gasteiger partial charge is 0.252 e. The van der Waals surface area contributed by atoms with Gasteiger partial charge in [0.1, 0.15) is 0 Å². The van der Waals surface area contributed by atoms with Crippen LogP contribution in [0.25, 0.3) is 0 Å². The number of likely N-dealkylation sites (tertiary alicyclic amines) is 1. The van der Waals surface area contributed by atoms with Crippen molar-refractivity contribution in [3.8, 4) is 0 Å². The van der Waals surface area contributed by atoms with Crippen LogP contribution in [0.2, 0.25) is 5.02 Å². The number of halogens is 1. The second kappa shape index (κ2) is 7.22. The highest BCUT2D eigenvalue weighted by atomic mass is 35.5. The van der Waals surface area contributed by atoms with Crippen LogP contribution in [0, 0.1) is 5.92 Å². The highest BCUT2D eigenvalue weighted by molar-refractivity contribution is 6.30. The summed E-state index contributed by atoms with van der Waals surface area (Å²) in [6.07, 6.45) is 1.69. The van der Waals surface area contributed by atoms with Gasteiger partial charge in [-0.15, -0.1) is 0 Å². The largest absolute Gasteiger partial charge is 0.294 e. The number of nitrogens with zero attached hydrogens (tertiary/aromatic N) is 3. The van der Waals surface area contributed by atoms with Gasteiger partial charge in [0.2, 0.25) is 0 Å². The molecule has 5 heteroatoms. The number of benzene rings is 2. The molecule has 26 heavy (non-hydrogen) atoms. The van der Waals surface area contributed by atoms with Crippen molar-refractivity contribution in [1.82, 2.24) is 9.91 Å². The fourth-order valence-electron chi connectivity index (χ4n) is 4.00. The van der Waals surface area contributed by atoms with Crippen LogP contribution in [0.3, 0.4) is 0 Å². The first-order valence-corrected chi connectivity index (χ1v) is 9.37. The third-order valence-electron chi connectivity index (χ3n) is 5.32. The zero-order valence-corrected chi connectivity index (χ0v) is 15.6. The highest BCUT2D eigenvalue weighted by Crippen LogP contribution is 2.31. The average molecular weight is 368 g/mol. The molecule has 1 saturated heterocycles. The summed E-state index contributed by atoms with van der Waals surface area (Å²) in [5.41, 5.74) is 3.50. The summed E-state index contributed by atoms with van der Waals surface area (Å²) in [5, 5.41) is 6.76. The molecule has 2 aromatic carbocycles. The van der Waals surface area contributed by atoms with Gasteiger partial charge in [0.15, 0.2) is 0 Å². The third kappa shape index (κ3) is 3.39. The molecule has 0 saturated carbocycles. The molecule has 1 unspecified atom stereocenters. The van der Waals surface area contributed by atoms with Crippen LogP contribution in [0.4, 0.5) is 0 Å². The van der Waals surface area contributed by atoms with Crippen molar-refractivity contribution < 1.29 is 4.79 Å². The Balaban J connectivity index is 1.62. The van der Waals surface area contributed by atoms with Gasteiger partial charge in [0, 0.05) is 37.6 Å². The lowest BCUT2D eigenvalue weighted by Gasteiger charge is -2.39. The number of hydrazone groups is 1. The first-order chi connectivity index (χ1) is 12.6. The molecule has 1 amide bonds. The Kier molecular flexibility index (Phi) is 4.79. The van der Waals surface area contributed by atoms with E-state index < -0.39 is 0 Å². The van der Waals surface area contributed by atoms with E-state index in [2.05, 4.69) is 46.4 Å². The molecule has 1 fully saturated rings. The first kappa shape index (κ1) is 17.3. The van der Waals surface area contributed by atoms with E-state index in [-0.39, 0.29) is 17.9 Å². The third-order valence-corrected chi connectivity index (χ3v) is 5.57. The number of piperidine rings is 1. The van der Waals surface area contributed by atoms with Crippen molar-refractivity contribution in [2.45, 2.75) is 25.4 Å². The van der Waals surface area contributed by atoms with Crippen molar-refractivity contribution in [2.75, 3.05) is 13.6 Å². The minimum atomic E-state index is -0.138. The molecule has 2 aromatic rings. The molecule has 4 rings (SSSR count). The van der Waals surface area contributed by atoms with Gasteiger partial charge >= 0.3 is 0 Å². The zero-order valence-electron chi connectivity index (χ0n) is 14.8. The quantitative estimate of drug-likeness (QED) is 0.827. The van der Waals surface area contributed by atoms with Crippen molar-refractivity contribution in [3.63, 3.8) is 0 Å². The summed E-state index contributed by atoms with van der Waals surface area (Å²) in [6, 6.07) is 18.5. The number of hydrogen-bond acceptors (Lipinski definition) is 3. The zero-order chi connectivity index (χ0) is 18.1. The van der Waals surface area contributed by atoms with E-state index in [0.717, 1.165) is 36.7 Å². The minimum Gasteiger partial charge on any atom is -0.294 e. The molecule has 2 heterocycles. The standard InChI is InChI=1S/C21H22ClN3O/c1-24-21(26)20-18(23-24)11-12-25(14-16-7-9-17(22)10-8-16)19(20)13-15-5-3-2-4-6-15/h2-10,19-20H,11-14H2,1H3/t19-,20?/m0/s1. The SMILES string of the molecule is CN1N=C2CCN(Cc3ccc(Cl)cc3)[C@@H](Cc3ccccc3)C2C1=O. The van der Waals surface area contributed by atoms with Gasteiger partial charge in [-0.05, 0) is 29.7 Å². The van der Waals surface area contributed by atoms with Gasteiger partial charge in [-0.3, -0.25) is 9.69 Å². The lowest BCUT2D eigenvalue weighted by atomic mass is 9.83. The molecule has 0 spiro atoms. The summed E-state index contributed by atoms with van der Waals surface area (Å²) in [4.78, 5) is 15.2. The number of hydrogen-bond donors (Lipinski definition) is 0.